The van der Waals surface area contributed by atoms with Crippen molar-refractivity contribution in [3.63, 3.8) is 0 Å². The van der Waals surface area contributed by atoms with Gasteiger partial charge in [0.2, 0.25) is 0 Å². The Bertz CT molecular complexity index is 299. The quantitative estimate of drug-likeness (QED) is 0.811. The van der Waals surface area contributed by atoms with E-state index in [0.717, 1.165) is 12.6 Å². The zero-order valence-corrected chi connectivity index (χ0v) is 10.1. The van der Waals surface area contributed by atoms with Gasteiger partial charge in [0, 0.05) is 25.3 Å². The van der Waals surface area contributed by atoms with Gasteiger partial charge in [-0.1, -0.05) is 31.4 Å². The van der Waals surface area contributed by atoms with Gasteiger partial charge in [0.1, 0.15) is 0 Å². The average Bonchev–Trinajstić information content (AvgIpc) is 2.38. The van der Waals surface area contributed by atoms with Crippen LogP contribution < -0.4 is 10.6 Å². The first-order chi connectivity index (χ1) is 7.88. The van der Waals surface area contributed by atoms with Crippen LogP contribution in [0.3, 0.4) is 0 Å². The predicted octanol–water partition coefficient (Wildman–Crippen LogP) is 3.15. The van der Waals surface area contributed by atoms with Gasteiger partial charge in [0.05, 0.1) is 0 Å². The Labute approximate surface area is 98.4 Å². The molecule has 1 aromatic rings. The Balaban J connectivity index is 1.79. The van der Waals surface area contributed by atoms with Gasteiger partial charge in [-0.05, 0) is 30.5 Å². The molecule has 0 aromatic heterocycles. The highest BCUT2D eigenvalue weighted by atomic mass is 14.9. The van der Waals surface area contributed by atoms with Gasteiger partial charge >= 0.3 is 0 Å². The van der Waals surface area contributed by atoms with E-state index in [-0.39, 0.29) is 0 Å². The minimum atomic E-state index is 0.748. The van der Waals surface area contributed by atoms with Crippen molar-refractivity contribution in [1.82, 2.24) is 5.32 Å². The molecule has 2 rings (SSSR count). The minimum Gasteiger partial charge on any atom is -0.388 e. The second-order valence-electron chi connectivity index (χ2n) is 4.66. The van der Waals surface area contributed by atoms with E-state index in [4.69, 9.17) is 0 Å². The summed E-state index contributed by atoms with van der Waals surface area (Å²) in [5, 5.41) is 6.79. The second kappa shape index (κ2) is 5.90. The molecule has 0 atom stereocenters. The van der Waals surface area contributed by atoms with Gasteiger partial charge in [0.25, 0.3) is 0 Å². The third kappa shape index (κ3) is 3.24. The Morgan fingerprint density at radius 1 is 1.06 bits per heavy atom. The largest absolute Gasteiger partial charge is 0.388 e. The molecule has 0 unspecified atom stereocenters. The van der Waals surface area contributed by atoms with Crippen LogP contribution in [0.25, 0.3) is 0 Å². The maximum atomic E-state index is 3.65. The normalized spacial score (nSPS) is 17.3. The fourth-order valence-electron chi connectivity index (χ4n) is 2.36. The molecule has 0 radical (unpaired) electrons. The Kier molecular flexibility index (Phi) is 4.23. The van der Waals surface area contributed by atoms with Gasteiger partial charge in [-0.3, -0.25) is 0 Å². The Hall–Kier alpha value is -1.02. The molecule has 0 spiro atoms. The Morgan fingerprint density at radius 2 is 1.75 bits per heavy atom. The Morgan fingerprint density at radius 3 is 2.38 bits per heavy atom. The third-order valence-electron chi connectivity index (χ3n) is 3.44. The first kappa shape index (κ1) is 11.5. The van der Waals surface area contributed by atoms with Crippen LogP contribution in [0.2, 0.25) is 0 Å². The molecule has 1 aliphatic rings. The van der Waals surface area contributed by atoms with Crippen molar-refractivity contribution >= 4 is 5.69 Å². The summed E-state index contributed by atoms with van der Waals surface area (Å²) in [6.45, 7) is 1.01. The highest BCUT2D eigenvalue weighted by Gasteiger charge is 2.11. The minimum absolute atomic E-state index is 0.748. The molecule has 0 heterocycles. The van der Waals surface area contributed by atoms with Crippen molar-refractivity contribution in [2.45, 2.75) is 44.7 Å². The van der Waals surface area contributed by atoms with Crippen molar-refractivity contribution in [2.24, 2.45) is 0 Å². The lowest BCUT2D eigenvalue weighted by Crippen LogP contribution is -2.30. The molecule has 88 valence electrons. The molecule has 0 saturated heterocycles. The maximum Gasteiger partial charge on any atom is 0.0337 e. The third-order valence-corrected chi connectivity index (χ3v) is 3.44. The zero-order chi connectivity index (χ0) is 11.2. The van der Waals surface area contributed by atoms with Crippen LogP contribution in [0.1, 0.15) is 37.7 Å². The summed E-state index contributed by atoms with van der Waals surface area (Å²) in [4.78, 5) is 0. The maximum absolute atomic E-state index is 3.65. The standard InChI is InChI=1S/C14H22N2/c1-15-13-9-7-12(8-10-13)11-16-14-5-3-2-4-6-14/h7-10,14-16H,2-6,11H2,1H3. The summed E-state index contributed by atoms with van der Waals surface area (Å²) in [7, 11) is 1.95. The van der Waals surface area contributed by atoms with Gasteiger partial charge < -0.3 is 10.6 Å². The van der Waals surface area contributed by atoms with Crippen LogP contribution in [0.4, 0.5) is 5.69 Å². The SMILES string of the molecule is CNc1ccc(CNC2CCCCC2)cc1. The van der Waals surface area contributed by atoms with Crippen molar-refractivity contribution in [2.75, 3.05) is 12.4 Å². The molecule has 1 saturated carbocycles. The summed E-state index contributed by atoms with van der Waals surface area (Å²) in [5.41, 5.74) is 2.56. The first-order valence-corrected chi connectivity index (χ1v) is 6.38. The van der Waals surface area contributed by atoms with Crippen LogP contribution in [0, 0.1) is 0 Å². The highest BCUT2D eigenvalue weighted by Crippen LogP contribution is 2.18. The van der Waals surface area contributed by atoms with Gasteiger partial charge in [-0.25, -0.2) is 0 Å². The van der Waals surface area contributed by atoms with Crippen molar-refractivity contribution in [3.05, 3.63) is 29.8 Å². The van der Waals surface area contributed by atoms with Crippen LogP contribution in [0.15, 0.2) is 24.3 Å². The van der Waals surface area contributed by atoms with Crippen LogP contribution in [-0.2, 0) is 6.54 Å². The monoisotopic (exact) mass is 218 g/mol. The number of nitrogens with one attached hydrogen (secondary N) is 2. The van der Waals surface area contributed by atoms with E-state index in [1.54, 1.807) is 0 Å². The highest BCUT2D eigenvalue weighted by molar-refractivity contribution is 5.43. The number of anilines is 1. The lowest BCUT2D eigenvalue weighted by molar-refractivity contribution is 0.372. The molecule has 2 N–H and O–H groups in total. The van der Waals surface area contributed by atoms with E-state index >= 15 is 0 Å². The summed E-state index contributed by atoms with van der Waals surface area (Å²) < 4.78 is 0. The average molecular weight is 218 g/mol. The molecule has 2 nitrogen and oxygen atoms in total. The molecule has 0 aliphatic heterocycles. The van der Waals surface area contributed by atoms with E-state index in [9.17, 15) is 0 Å². The second-order valence-corrected chi connectivity index (χ2v) is 4.66. The summed E-state index contributed by atoms with van der Waals surface area (Å²) >= 11 is 0. The van der Waals surface area contributed by atoms with Crippen molar-refractivity contribution in [3.8, 4) is 0 Å². The summed E-state index contributed by atoms with van der Waals surface area (Å²) in [5.74, 6) is 0. The molecule has 1 aliphatic carbocycles. The van der Waals surface area contributed by atoms with Gasteiger partial charge in [0.15, 0.2) is 0 Å². The molecular formula is C14H22N2. The summed E-state index contributed by atoms with van der Waals surface area (Å²) in [6, 6.07) is 9.41. The zero-order valence-electron chi connectivity index (χ0n) is 10.1. The number of benzene rings is 1. The molecule has 1 aromatic carbocycles. The number of hydrogen-bond acceptors (Lipinski definition) is 2. The fraction of sp³-hybridized carbons (Fsp3) is 0.571. The number of hydrogen-bond donors (Lipinski definition) is 2. The van der Waals surface area contributed by atoms with Gasteiger partial charge in [-0.2, -0.15) is 0 Å². The van der Waals surface area contributed by atoms with E-state index in [2.05, 4.69) is 34.9 Å². The predicted molar refractivity (Wildman–Crippen MR) is 69.7 cm³/mol. The van der Waals surface area contributed by atoms with E-state index in [1.807, 2.05) is 7.05 Å². The summed E-state index contributed by atoms with van der Waals surface area (Å²) in [6.07, 6.45) is 6.94. The lowest BCUT2D eigenvalue weighted by Gasteiger charge is -2.22. The van der Waals surface area contributed by atoms with Crippen LogP contribution in [-0.4, -0.2) is 13.1 Å². The first-order valence-electron chi connectivity index (χ1n) is 6.38. The molecule has 0 amide bonds. The smallest absolute Gasteiger partial charge is 0.0337 e. The molecule has 2 heteroatoms. The topological polar surface area (TPSA) is 24.1 Å². The number of rotatable bonds is 4. The van der Waals surface area contributed by atoms with E-state index < -0.39 is 0 Å². The molecule has 1 fully saturated rings. The molecular weight excluding hydrogens is 196 g/mol. The van der Waals surface area contributed by atoms with E-state index in [1.165, 1.54) is 43.4 Å². The van der Waals surface area contributed by atoms with Crippen LogP contribution >= 0.6 is 0 Å². The van der Waals surface area contributed by atoms with Crippen LogP contribution in [0.5, 0.6) is 0 Å². The van der Waals surface area contributed by atoms with Crippen molar-refractivity contribution < 1.29 is 0 Å². The van der Waals surface area contributed by atoms with Crippen molar-refractivity contribution in [1.29, 1.82) is 0 Å². The molecule has 0 bridgehead atoms. The van der Waals surface area contributed by atoms with E-state index in [0.29, 0.717) is 0 Å². The van der Waals surface area contributed by atoms with Gasteiger partial charge in [-0.15, -0.1) is 0 Å². The lowest BCUT2D eigenvalue weighted by atomic mass is 9.95. The molecule has 16 heavy (non-hydrogen) atoms. The fourth-order valence-corrected chi connectivity index (χ4v) is 2.36.